The Hall–Kier alpha value is -1.44. The quantitative estimate of drug-likeness (QED) is 0.508. The van der Waals surface area contributed by atoms with Crippen LogP contribution < -0.4 is 16.6 Å². The number of aliphatic hydroxyl groups is 1. The van der Waals surface area contributed by atoms with Crippen molar-refractivity contribution in [1.29, 1.82) is 0 Å². The van der Waals surface area contributed by atoms with Gasteiger partial charge in [-0.2, -0.15) is 4.98 Å². The highest BCUT2D eigenvalue weighted by Gasteiger charge is 2.19. The molecule has 6 nitrogen and oxygen atoms in total. The monoisotopic (exact) mass is 293 g/mol. The van der Waals surface area contributed by atoms with Crippen molar-refractivity contribution in [3.63, 3.8) is 0 Å². The van der Waals surface area contributed by atoms with Gasteiger partial charge in [-0.3, -0.25) is 5.43 Å². The maximum Gasteiger partial charge on any atom is 0.240 e. The van der Waals surface area contributed by atoms with Crippen LogP contribution in [0.1, 0.15) is 25.7 Å². The molecule has 0 spiro atoms. The summed E-state index contributed by atoms with van der Waals surface area (Å²) in [6, 6.07) is 2.02. The lowest BCUT2D eigenvalue weighted by Gasteiger charge is -2.25. The molecular formula is C13H19N5OS. The van der Waals surface area contributed by atoms with Gasteiger partial charge in [0.2, 0.25) is 5.95 Å². The number of rotatable bonds is 4. The lowest BCUT2D eigenvalue weighted by atomic mass is 9.87. The van der Waals surface area contributed by atoms with Crippen LogP contribution in [0, 0.1) is 5.92 Å². The van der Waals surface area contributed by atoms with Gasteiger partial charge in [-0.05, 0) is 43.0 Å². The van der Waals surface area contributed by atoms with E-state index in [0.29, 0.717) is 11.9 Å². The summed E-state index contributed by atoms with van der Waals surface area (Å²) < 4.78 is 0. The topological polar surface area (TPSA) is 96.1 Å². The minimum atomic E-state index is -0.109. The first-order valence-electron chi connectivity index (χ1n) is 6.90. The molecule has 20 heavy (non-hydrogen) atoms. The second kappa shape index (κ2) is 5.90. The summed E-state index contributed by atoms with van der Waals surface area (Å²) in [5.74, 6) is 7.26. The number of nitrogen functional groups attached to an aromatic ring is 1. The van der Waals surface area contributed by atoms with Crippen molar-refractivity contribution in [3.8, 4) is 0 Å². The van der Waals surface area contributed by atoms with Gasteiger partial charge in [0.25, 0.3) is 0 Å². The third kappa shape index (κ3) is 2.84. The molecule has 7 heteroatoms. The number of hydrogen-bond acceptors (Lipinski definition) is 7. The Morgan fingerprint density at radius 3 is 2.85 bits per heavy atom. The van der Waals surface area contributed by atoms with Gasteiger partial charge in [0.15, 0.2) is 0 Å². The van der Waals surface area contributed by atoms with Crippen LogP contribution in [0.5, 0.6) is 0 Å². The fourth-order valence-corrected chi connectivity index (χ4v) is 3.41. The lowest BCUT2D eigenvalue weighted by Crippen LogP contribution is -2.24. The molecule has 5 N–H and O–H groups in total. The van der Waals surface area contributed by atoms with Crippen molar-refractivity contribution in [1.82, 2.24) is 9.97 Å². The first kappa shape index (κ1) is 13.5. The van der Waals surface area contributed by atoms with E-state index in [1.165, 1.54) is 0 Å². The van der Waals surface area contributed by atoms with E-state index in [1.54, 1.807) is 11.3 Å². The van der Waals surface area contributed by atoms with Crippen molar-refractivity contribution in [2.24, 2.45) is 11.8 Å². The van der Waals surface area contributed by atoms with Gasteiger partial charge in [0.05, 0.1) is 11.5 Å². The van der Waals surface area contributed by atoms with Crippen molar-refractivity contribution < 1.29 is 5.11 Å². The third-order valence-corrected chi connectivity index (χ3v) is 4.64. The summed E-state index contributed by atoms with van der Waals surface area (Å²) in [6.07, 6.45) is 3.82. The number of aliphatic hydroxyl groups excluding tert-OH is 1. The molecule has 1 fully saturated rings. The first-order chi connectivity index (χ1) is 9.76. The van der Waals surface area contributed by atoms with E-state index < -0.39 is 0 Å². The summed E-state index contributed by atoms with van der Waals surface area (Å²) in [5, 5.41) is 16.0. The Bertz CT molecular complexity index is 579. The molecule has 0 unspecified atom stereocenters. The number of aromatic nitrogens is 2. The Morgan fingerprint density at radius 1 is 1.30 bits per heavy atom. The van der Waals surface area contributed by atoms with Gasteiger partial charge in [0, 0.05) is 6.54 Å². The molecule has 2 aromatic rings. The molecule has 108 valence electrons. The molecule has 1 aliphatic rings. The van der Waals surface area contributed by atoms with Crippen LogP contribution in [0.15, 0.2) is 11.4 Å². The fraction of sp³-hybridized carbons (Fsp3) is 0.538. The van der Waals surface area contributed by atoms with Gasteiger partial charge >= 0.3 is 0 Å². The largest absolute Gasteiger partial charge is 0.393 e. The van der Waals surface area contributed by atoms with Gasteiger partial charge in [-0.15, -0.1) is 11.3 Å². The van der Waals surface area contributed by atoms with E-state index in [1.807, 2.05) is 11.4 Å². The SMILES string of the molecule is NNc1nc(NCC2CCC(O)CC2)c2ccsc2n1. The smallest absolute Gasteiger partial charge is 0.240 e. The van der Waals surface area contributed by atoms with Crippen LogP contribution in [0.2, 0.25) is 0 Å². The highest BCUT2D eigenvalue weighted by Crippen LogP contribution is 2.28. The van der Waals surface area contributed by atoms with Gasteiger partial charge in [0.1, 0.15) is 10.6 Å². The number of thiophene rings is 1. The Labute approximate surface area is 121 Å². The second-order valence-electron chi connectivity index (χ2n) is 5.24. The van der Waals surface area contributed by atoms with E-state index >= 15 is 0 Å². The van der Waals surface area contributed by atoms with Crippen molar-refractivity contribution in [2.45, 2.75) is 31.8 Å². The molecular weight excluding hydrogens is 274 g/mol. The molecule has 2 heterocycles. The number of anilines is 2. The van der Waals surface area contributed by atoms with Crippen molar-refractivity contribution in [2.75, 3.05) is 17.3 Å². The lowest BCUT2D eigenvalue weighted by molar-refractivity contribution is 0.111. The molecule has 2 aromatic heterocycles. The summed E-state index contributed by atoms with van der Waals surface area (Å²) in [4.78, 5) is 9.63. The van der Waals surface area contributed by atoms with Gasteiger partial charge in [-0.1, -0.05) is 0 Å². The number of hydrazine groups is 1. The molecule has 1 saturated carbocycles. The summed E-state index contributed by atoms with van der Waals surface area (Å²) in [5.41, 5.74) is 2.50. The zero-order chi connectivity index (χ0) is 13.9. The van der Waals surface area contributed by atoms with Crippen LogP contribution in [0.4, 0.5) is 11.8 Å². The van der Waals surface area contributed by atoms with Crippen LogP contribution in [-0.4, -0.2) is 27.7 Å². The molecule has 3 rings (SSSR count). The Kier molecular flexibility index (Phi) is 4.00. The molecule has 0 atom stereocenters. The minimum absolute atomic E-state index is 0.109. The molecule has 0 amide bonds. The van der Waals surface area contributed by atoms with Crippen molar-refractivity contribution >= 4 is 33.3 Å². The molecule has 1 aliphatic carbocycles. The average Bonchev–Trinajstić information content (AvgIpc) is 2.94. The first-order valence-corrected chi connectivity index (χ1v) is 7.78. The standard InChI is InChI=1S/C13H19N5OS/c14-18-13-16-11(10-5-6-20-12(10)17-13)15-7-8-1-3-9(19)4-2-8/h5-6,8-9,19H,1-4,7,14H2,(H2,15,16,17,18). The predicted molar refractivity (Wildman–Crippen MR) is 81.7 cm³/mol. The highest BCUT2D eigenvalue weighted by atomic mass is 32.1. The summed E-state index contributed by atoms with van der Waals surface area (Å²) in [7, 11) is 0. The van der Waals surface area contributed by atoms with Crippen molar-refractivity contribution in [3.05, 3.63) is 11.4 Å². The van der Waals surface area contributed by atoms with Crippen LogP contribution in [0.25, 0.3) is 10.2 Å². The van der Waals surface area contributed by atoms with Crippen LogP contribution in [0.3, 0.4) is 0 Å². The molecule has 0 bridgehead atoms. The normalized spacial score (nSPS) is 22.9. The van der Waals surface area contributed by atoms with E-state index in [-0.39, 0.29) is 6.10 Å². The third-order valence-electron chi connectivity index (χ3n) is 3.83. The van der Waals surface area contributed by atoms with E-state index in [4.69, 9.17) is 5.84 Å². The molecule has 0 saturated heterocycles. The number of hydrogen-bond donors (Lipinski definition) is 4. The maximum absolute atomic E-state index is 9.53. The van der Waals surface area contributed by atoms with Gasteiger partial charge in [-0.25, -0.2) is 10.8 Å². The minimum Gasteiger partial charge on any atom is -0.393 e. The highest BCUT2D eigenvalue weighted by molar-refractivity contribution is 7.16. The number of nitrogens with zero attached hydrogens (tertiary/aromatic N) is 2. The fourth-order valence-electron chi connectivity index (χ4n) is 2.64. The number of fused-ring (bicyclic) bond motifs is 1. The molecule has 0 aromatic carbocycles. The summed E-state index contributed by atoms with van der Waals surface area (Å²) in [6.45, 7) is 0.874. The molecule has 0 radical (unpaired) electrons. The van der Waals surface area contributed by atoms with E-state index in [2.05, 4.69) is 20.7 Å². The number of nitrogens with one attached hydrogen (secondary N) is 2. The average molecular weight is 293 g/mol. The van der Waals surface area contributed by atoms with E-state index in [0.717, 1.165) is 48.3 Å². The zero-order valence-electron chi connectivity index (χ0n) is 11.2. The zero-order valence-corrected chi connectivity index (χ0v) is 12.0. The Morgan fingerprint density at radius 2 is 2.10 bits per heavy atom. The molecule has 0 aliphatic heterocycles. The second-order valence-corrected chi connectivity index (χ2v) is 6.13. The maximum atomic E-state index is 9.53. The van der Waals surface area contributed by atoms with Crippen LogP contribution in [-0.2, 0) is 0 Å². The predicted octanol–water partition coefficient (Wildman–Crippen LogP) is 1.94. The summed E-state index contributed by atoms with van der Waals surface area (Å²) >= 11 is 1.57. The van der Waals surface area contributed by atoms with Gasteiger partial charge < -0.3 is 10.4 Å². The Balaban J connectivity index is 1.71. The number of nitrogens with two attached hydrogens (primary N) is 1. The van der Waals surface area contributed by atoms with E-state index in [9.17, 15) is 5.11 Å². The van der Waals surface area contributed by atoms with Crippen LogP contribution >= 0.6 is 11.3 Å².